The molecular weight excluding hydrogens is 279 g/mol. The molecule has 0 radical (unpaired) electrons. The van der Waals surface area contributed by atoms with Gasteiger partial charge in [0.15, 0.2) is 0 Å². The van der Waals surface area contributed by atoms with Gasteiger partial charge in [0.05, 0.1) is 11.6 Å². The number of hydrogen-bond acceptors (Lipinski definition) is 4. The largest absolute Gasteiger partial charge is 0.467 e. The van der Waals surface area contributed by atoms with Gasteiger partial charge in [-0.1, -0.05) is 0 Å². The Balaban J connectivity index is 2.78. The zero-order valence-corrected chi connectivity index (χ0v) is 10.3. The minimum Gasteiger partial charge on any atom is -0.467 e. The summed E-state index contributed by atoms with van der Waals surface area (Å²) >= 11 is 3.05. The second-order valence-electron chi connectivity index (χ2n) is 3.08. The number of carbonyl (C=O) groups is 1. The minimum absolute atomic E-state index is 0.0989. The molecule has 0 spiro atoms. The number of rotatable bonds is 4. The highest BCUT2D eigenvalue weighted by Gasteiger charge is 2.17. The van der Waals surface area contributed by atoms with Gasteiger partial charge in [-0.05, 0) is 34.1 Å². The second-order valence-corrected chi connectivity index (χ2v) is 3.94. The van der Waals surface area contributed by atoms with Gasteiger partial charge in [-0.25, -0.2) is 9.18 Å². The molecular formula is C10H12BrFN2O2. The lowest BCUT2D eigenvalue weighted by molar-refractivity contribution is -0.141. The molecule has 88 valence electrons. The Morgan fingerprint density at radius 3 is 2.88 bits per heavy atom. The fourth-order valence-electron chi connectivity index (χ4n) is 1.14. The van der Waals surface area contributed by atoms with E-state index >= 15 is 0 Å². The number of esters is 1. The van der Waals surface area contributed by atoms with E-state index in [-0.39, 0.29) is 12.4 Å². The van der Waals surface area contributed by atoms with Crippen molar-refractivity contribution in [3.8, 4) is 0 Å². The van der Waals surface area contributed by atoms with E-state index in [4.69, 9.17) is 5.73 Å². The molecule has 4 nitrogen and oxygen atoms in total. The van der Waals surface area contributed by atoms with Gasteiger partial charge in [0.25, 0.3) is 0 Å². The van der Waals surface area contributed by atoms with E-state index in [1.165, 1.54) is 25.3 Å². The fraction of sp³-hybridized carbons (Fsp3) is 0.300. The van der Waals surface area contributed by atoms with Crippen LogP contribution in [-0.4, -0.2) is 25.7 Å². The van der Waals surface area contributed by atoms with Crippen LogP contribution in [0, 0.1) is 5.82 Å². The van der Waals surface area contributed by atoms with Gasteiger partial charge in [0.1, 0.15) is 11.9 Å². The van der Waals surface area contributed by atoms with E-state index in [1.54, 1.807) is 0 Å². The highest BCUT2D eigenvalue weighted by atomic mass is 79.9. The molecule has 0 saturated heterocycles. The quantitative estimate of drug-likeness (QED) is 0.825. The molecule has 6 heteroatoms. The van der Waals surface area contributed by atoms with Crippen LogP contribution in [0.1, 0.15) is 0 Å². The normalized spacial score (nSPS) is 12.0. The number of nitrogens with one attached hydrogen (secondary N) is 1. The topological polar surface area (TPSA) is 64.3 Å². The third-order valence-electron chi connectivity index (χ3n) is 1.98. The zero-order chi connectivity index (χ0) is 12.1. The monoisotopic (exact) mass is 290 g/mol. The SMILES string of the molecule is COC(=O)C(CN)Nc1ccc(F)c(Br)c1. The van der Waals surface area contributed by atoms with Crippen molar-refractivity contribution in [1.82, 2.24) is 0 Å². The lowest BCUT2D eigenvalue weighted by Gasteiger charge is -2.15. The first-order chi connectivity index (χ1) is 7.58. The molecule has 0 aliphatic carbocycles. The van der Waals surface area contributed by atoms with E-state index in [9.17, 15) is 9.18 Å². The summed E-state index contributed by atoms with van der Waals surface area (Å²) in [5, 5.41) is 2.85. The molecule has 1 aromatic carbocycles. The number of hydrogen-bond donors (Lipinski definition) is 2. The van der Waals surface area contributed by atoms with Crippen molar-refractivity contribution in [2.75, 3.05) is 19.0 Å². The number of ether oxygens (including phenoxy) is 1. The summed E-state index contributed by atoms with van der Waals surface area (Å²) in [6.07, 6.45) is 0. The van der Waals surface area contributed by atoms with E-state index in [0.29, 0.717) is 10.2 Å². The maximum Gasteiger partial charge on any atom is 0.329 e. The Labute approximate surface area is 101 Å². The number of halogens is 2. The Kier molecular flexibility index (Phi) is 4.70. The maximum absolute atomic E-state index is 13.0. The van der Waals surface area contributed by atoms with Gasteiger partial charge < -0.3 is 15.8 Å². The number of carbonyl (C=O) groups excluding carboxylic acids is 1. The van der Waals surface area contributed by atoms with Crippen LogP contribution >= 0.6 is 15.9 Å². The zero-order valence-electron chi connectivity index (χ0n) is 8.67. The predicted molar refractivity (Wildman–Crippen MR) is 62.6 cm³/mol. The van der Waals surface area contributed by atoms with Gasteiger partial charge in [0.2, 0.25) is 0 Å². The van der Waals surface area contributed by atoms with Gasteiger partial charge in [-0.3, -0.25) is 0 Å². The molecule has 0 heterocycles. The van der Waals surface area contributed by atoms with Crippen molar-refractivity contribution in [1.29, 1.82) is 0 Å². The summed E-state index contributed by atoms with van der Waals surface area (Å²) in [5.41, 5.74) is 6.01. The second kappa shape index (κ2) is 5.81. The first-order valence-electron chi connectivity index (χ1n) is 4.58. The lowest BCUT2D eigenvalue weighted by atomic mass is 10.2. The van der Waals surface area contributed by atoms with Gasteiger partial charge in [-0.15, -0.1) is 0 Å². The average Bonchev–Trinajstić information content (AvgIpc) is 2.29. The number of methoxy groups -OCH3 is 1. The van der Waals surface area contributed by atoms with Crippen LogP contribution in [0.15, 0.2) is 22.7 Å². The van der Waals surface area contributed by atoms with Gasteiger partial charge >= 0.3 is 5.97 Å². The smallest absolute Gasteiger partial charge is 0.329 e. The Hall–Kier alpha value is -1.14. The summed E-state index contributed by atoms with van der Waals surface area (Å²) in [5.74, 6) is -0.823. The third kappa shape index (κ3) is 3.18. The summed E-state index contributed by atoms with van der Waals surface area (Å²) in [7, 11) is 1.28. The lowest BCUT2D eigenvalue weighted by Crippen LogP contribution is -2.37. The first kappa shape index (κ1) is 12.9. The molecule has 0 aliphatic rings. The highest BCUT2D eigenvalue weighted by molar-refractivity contribution is 9.10. The van der Waals surface area contributed by atoms with Gasteiger partial charge in [-0.2, -0.15) is 0 Å². The average molecular weight is 291 g/mol. The van der Waals surface area contributed by atoms with Crippen molar-refractivity contribution in [3.05, 3.63) is 28.5 Å². The number of nitrogens with two attached hydrogens (primary N) is 1. The van der Waals surface area contributed by atoms with Crippen molar-refractivity contribution < 1.29 is 13.9 Å². The minimum atomic E-state index is -0.637. The summed E-state index contributed by atoms with van der Waals surface area (Å²) in [4.78, 5) is 11.2. The van der Waals surface area contributed by atoms with Crippen molar-refractivity contribution >= 4 is 27.6 Å². The van der Waals surface area contributed by atoms with E-state index in [2.05, 4.69) is 26.0 Å². The molecule has 0 saturated carbocycles. The standard InChI is InChI=1S/C10H12BrFN2O2/c1-16-10(15)9(5-13)14-6-2-3-8(12)7(11)4-6/h2-4,9,14H,5,13H2,1H3. The van der Waals surface area contributed by atoms with Crippen LogP contribution in [0.4, 0.5) is 10.1 Å². The predicted octanol–water partition coefficient (Wildman–Crippen LogP) is 1.50. The molecule has 1 unspecified atom stereocenters. The molecule has 3 N–H and O–H groups in total. The van der Waals surface area contributed by atoms with Crippen LogP contribution in [0.25, 0.3) is 0 Å². The Morgan fingerprint density at radius 1 is 1.69 bits per heavy atom. The Morgan fingerprint density at radius 2 is 2.38 bits per heavy atom. The summed E-state index contributed by atoms with van der Waals surface area (Å²) in [6, 6.07) is 3.70. The van der Waals surface area contributed by atoms with Crippen LogP contribution in [0.5, 0.6) is 0 Å². The summed E-state index contributed by atoms with van der Waals surface area (Å²) in [6.45, 7) is 0.0989. The van der Waals surface area contributed by atoms with Crippen LogP contribution < -0.4 is 11.1 Å². The van der Waals surface area contributed by atoms with Crippen LogP contribution in [0.2, 0.25) is 0 Å². The number of anilines is 1. The Bertz CT molecular complexity index is 387. The molecule has 0 fully saturated rings. The van der Waals surface area contributed by atoms with Crippen molar-refractivity contribution in [3.63, 3.8) is 0 Å². The van der Waals surface area contributed by atoms with E-state index < -0.39 is 12.0 Å². The molecule has 0 bridgehead atoms. The molecule has 1 atom stereocenters. The first-order valence-corrected chi connectivity index (χ1v) is 5.37. The number of benzene rings is 1. The molecule has 1 aromatic rings. The molecule has 1 rings (SSSR count). The molecule has 0 aromatic heterocycles. The van der Waals surface area contributed by atoms with Crippen molar-refractivity contribution in [2.45, 2.75) is 6.04 Å². The molecule has 16 heavy (non-hydrogen) atoms. The highest BCUT2D eigenvalue weighted by Crippen LogP contribution is 2.20. The molecule has 0 amide bonds. The third-order valence-corrected chi connectivity index (χ3v) is 2.59. The van der Waals surface area contributed by atoms with E-state index in [1.807, 2.05) is 0 Å². The van der Waals surface area contributed by atoms with Gasteiger partial charge in [0, 0.05) is 12.2 Å². The summed E-state index contributed by atoms with van der Waals surface area (Å²) < 4.78 is 17.8. The molecule has 0 aliphatic heterocycles. The van der Waals surface area contributed by atoms with Crippen LogP contribution in [0.3, 0.4) is 0 Å². The fourth-order valence-corrected chi connectivity index (χ4v) is 1.52. The van der Waals surface area contributed by atoms with Crippen LogP contribution in [-0.2, 0) is 9.53 Å². The maximum atomic E-state index is 13.0. The van der Waals surface area contributed by atoms with Crippen molar-refractivity contribution in [2.24, 2.45) is 5.73 Å². The van der Waals surface area contributed by atoms with E-state index in [0.717, 1.165) is 0 Å².